The summed E-state index contributed by atoms with van der Waals surface area (Å²) < 4.78 is 0. The second-order valence-corrected chi connectivity index (χ2v) is 4.68. The van der Waals surface area contributed by atoms with Crippen LogP contribution in [-0.2, 0) is 4.79 Å². The van der Waals surface area contributed by atoms with Gasteiger partial charge in [-0.2, -0.15) is 0 Å². The van der Waals surface area contributed by atoms with Gasteiger partial charge in [-0.15, -0.1) is 0 Å². The molecule has 1 fully saturated rings. The van der Waals surface area contributed by atoms with Crippen LogP contribution in [0, 0.1) is 11.8 Å². The fourth-order valence-corrected chi connectivity index (χ4v) is 2.04. The first-order chi connectivity index (χ1) is 7.25. The van der Waals surface area contributed by atoms with E-state index in [1.165, 1.54) is 0 Å². The number of aliphatic hydroxyl groups excluding tert-OH is 1. The molecule has 0 spiro atoms. The van der Waals surface area contributed by atoms with Crippen LogP contribution in [0.25, 0.3) is 0 Å². The lowest BCUT2D eigenvalue weighted by atomic mass is 10.1. The molecule has 2 aliphatic carbocycles. The Hall–Kier alpha value is -0.830. The molecule has 3 heteroatoms. The average molecular weight is 209 g/mol. The molecule has 0 aliphatic heterocycles. The zero-order chi connectivity index (χ0) is 10.7. The summed E-state index contributed by atoms with van der Waals surface area (Å²) in [6.45, 7) is 0.430. The highest BCUT2D eigenvalue weighted by Gasteiger charge is 2.29. The average Bonchev–Trinajstić information content (AvgIpc) is 2.95. The summed E-state index contributed by atoms with van der Waals surface area (Å²) in [4.78, 5) is 11.5. The van der Waals surface area contributed by atoms with Crippen LogP contribution >= 0.6 is 0 Å². The molecule has 1 saturated carbocycles. The van der Waals surface area contributed by atoms with E-state index in [-0.39, 0.29) is 12.0 Å². The van der Waals surface area contributed by atoms with Crippen LogP contribution < -0.4 is 5.32 Å². The van der Waals surface area contributed by atoms with Crippen LogP contribution in [0.3, 0.4) is 0 Å². The monoisotopic (exact) mass is 209 g/mol. The van der Waals surface area contributed by atoms with E-state index in [1.54, 1.807) is 0 Å². The van der Waals surface area contributed by atoms with Crippen molar-refractivity contribution in [1.82, 2.24) is 5.32 Å². The molecule has 0 aromatic carbocycles. The third kappa shape index (κ3) is 3.34. The second kappa shape index (κ2) is 4.79. The molecule has 2 rings (SSSR count). The zero-order valence-corrected chi connectivity index (χ0v) is 8.98. The highest BCUT2D eigenvalue weighted by atomic mass is 16.3. The Morgan fingerprint density at radius 1 is 1.47 bits per heavy atom. The van der Waals surface area contributed by atoms with Gasteiger partial charge in [0.2, 0.25) is 5.91 Å². The maximum absolute atomic E-state index is 11.5. The van der Waals surface area contributed by atoms with Crippen molar-refractivity contribution < 1.29 is 9.90 Å². The molecular weight excluding hydrogens is 190 g/mol. The van der Waals surface area contributed by atoms with Crippen molar-refractivity contribution >= 4 is 5.91 Å². The summed E-state index contributed by atoms with van der Waals surface area (Å²) in [7, 11) is 0. The SMILES string of the molecule is O=C(CC1C=CCC1)NCC(O)C1CC1. The normalized spacial score (nSPS) is 26.6. The number of carbonyl (C=O) groups is 1. The molecule has 0 bridgehead atoms. The summed E-state index contributed by atoms with van der Waals surface area (Å²) >= 11 is 0. The number of aliphatic hydroxyl groups is 1. The Balaban J connectivity index is 1.61. The van der Waals surface area contributed by atoms with E-state index >= 15 is 0 Å². The van der Waals surface area contributed by atoms with E-state index in [2.05, 4.69) is 17.5 Å². The van der Waals surface area contributed by atoms with E-state index in [9.17, 15) is 9.90 Å². The minimum absolute atomic E-state index is 0.0752. The van der Waals surface area contributed by atoms with Crippen LogP contribution in [0.4, 0.5) is 0 Å². The van der Waals surface area contributed by atoms with Crippen LogP contribution in [0.2, 0.25) is 0 Å². The van der Waals surface area contributed by atoms with Crippen molar-refractivity contribution in [3.05, 3.63) is 12.2 Å². The molecular formula is C12H19NO2. The van der Waals surface area contributed by atoms with Crippen molar-refractivity contribution in [2.45, 2.75) is 38.2 Å². The number of allylic oxidation sites excluding steroid dienone is 2. The fourth-order valence-electron chi connectivity index (χ4n) is 2.04. The predicted octanol–water partition coefficient (Wildman–Crippen LogP) is 1.23. The van der Waals surface area contributed by atoms with Crippen LogP contribution in [0.5, 0.6) is 0 Å². The molecule has 2 unspecified atom stereocenters. The lowest BCUT2D eigenvalue weighted by molar-refractivity contribution is -0.122. The smallest absolute Gasteiger partial charge is 0.220 e. The van der Waals surface area contributed by atoms with Gasteiger partial charge in [0.25, 0.3) is 0 Å². The molecule has 0 radical (unpaired) electrons. The Morgan fingerprint density at radius 2 is 2.27 bits per heavy atom. The largest absolute Gasteiger partial charge is 0.391 e. The maximum atomic E-state index is 11.5. The first-order valence-corrected chi connectivity index (χ1v) is 5.87. The Labute approximate surface area is 90.6 Å². The van der Waals surface area contributed by atoms with Crippen LogP contribution in [-0.4, -0.2) is 23.7 Å². The molecule has 2 N–H and O–H groups in total. The molecule has 0 aromatic heterocycles. The van der Waals surface area contributed by atoms with Crippen LogP contribution in [0.15, 0.2) is 12.2 Å². The predicted molar refractivity (Wildman–Crippen MR) is 58.2 cm³/mol. The van der Waals surface area contributed by atoms with Crippen molar-refractivity contribution in [3.8, 4) is 0 Å². The molecule has 1 amide bonds. The molecule has 0 saturated heterocycles. The van der Waals surface area contributed by atoms with E-state index in [1.807, 2.05) is 0 Å². The van der Waals surface area contributed by atoms with Gasteiger partial charge in [0.15, 0.2) is 0 Å². The first-order valence-electron chi connectivity index (χ1n) is 5.87. The van der Waals surface area contributed by atoms with Crippen LogP contribution in [0.1, 0.15) is 32.1 Å². The molecule has 3 nitrogen and oxygen atoms in total. The minimum Gasteiger partial charge on any atom is -0.391 e. The number of carbonyl (C=O) groups excluding carboxylic acids is 1. The van der Waals surface area contributed by atoms with Gasteiger partial charge >= 0.3 is 0 Å². The number of rotatable bonds is 5. The lowest BCUT2D eigenvalue weighted by Crippen LogP contribution is -2.33. The molecule has 2 atom stereocenters. The first kappa shape index (κ1) is 10.7. The number of hydrogen-bond donors (Lipinski definition) is 2. The van der Waals surface area contributed by atoms with Gasteiger partial charge in [0, 0.05) is 13.0 Å². The Morgan fingerprint density at radius 3 is 2.87 bits per heavy atom. The number of hydrogen-bond acceptors (Lipinski definition) is 2. The summed E-state index contributed by atoms with van der Waals surface area (Å²) in [5, 5.41) is 12.4. The summed E-state index contributed by atoms with van der Waals surface area (Å²) in [6.07, 6.45) is 8.93. The molecule has 84 valence electrons. The maximum Gasteiger partial charge on any atom is 0.220 e. The summed E-state index contributed by atoms with van der Waals surface area (Å²) in [5.41, 5.74) is 0. The standard InChI is InChI=1S/C12H19NO2/c14-11(10-5-6-10)8-13-12(15)7-9-3-1-2-4-9/h1,3,9-11,14H,2,4-8H2,(H,13,15). The van der Waals surface area contributed by atoms with Gasteiger partial charge in [-0.05, 0) is 37.5 Å². The van der Waals surface area contributed by atoms with Gasteiger partial charge in [-0.3, -0.25) is 4.79 Å². The Kier molecular flexibility index (Phi) is 3.41. The fraction of sp³-hybridized carbons (Fsp3) is 0.750. The molecule has 0 aromatic rings. The highest BCUT2D eigenvalue weighted by molar-refractivity contribution is 5.76. The quantitative estimate of drug-likeness (QED) is 0.669. The van der Waals surface area contributed by atoms with E-state index in [4.69, 9.17) is 0 Å². The summed E-state index contributed by atoms with van der Waals surface area (Å²) in [5.74, 6) is 0.936. The van der Waals surface area contributed by atoms with Gasteiger partial charge < -0.3 is 10.4 Å². The van der Waals surface area contributed by atoms with Gasteiger partial charge in [-0.1, -0.05) is 12.2 Å². The molecule has 15 heavy (non-hydrogen) atoms. The zero-order valence-electron chi connectivity index (χ0n) is 8.98. The van der Waals surface area contributed by atoms with Crippen molar-refractivity contribution in [2.24, 2.45) is 11.8 Å². The summed E-state index contributed by atoms with van der Waals surface area (Å²) in [6, 6.07) is 0. The highest BCUT2D eigenvalue weighted by Crippen LogP contribution is 2.32. The van der Waals surface area contributed by atoms with E-state index < -0.39 is 0 Å². The molecule has 2 aliphatic rings. The third-order valence-electron chi connectivity index (χ3n) is 3.23. The third-order valence-corrected chi connectivity index (χ3v) is 3.23. The van der Waals surface area contributed by atoms with Gasteiger partial charge in [0.05, 0.1) is 6.10 Å². The van der Waals surface area contributed by atoms with E-state index in [0.717, 1.165) is 25.7 Å². The molecule has 0 heterocycles. The lowest BCUT2D eigenvalue weighted by Gasteiger charge is -2.12. The van der Waals surface area contributed by atoms with Crippen molar-refractivity contribution in [3.63, 3.8) is 0 Å². The Bertz CT molecular complexity index is 258. The second-order valence-electron chi connectivity index (χ2n) is 4.68. The van der Waals surface area contributed by atoms with Gasteiger partial charge in [-0.25, -0.2) is 0 Å². The van der Waals surface area contributed by atoms with E-state index in [0.29, 0.717) is 24.8 Å². The van der Waals surface area contributed by atoms with Gasteiger partial charge in [0.1, 0.15) is 0 Å². The minimum atomic E-state index is -0.326. The number of nitrogens with one attached hydrogen (secondary N) is 1. The van der Waals surface area contributed by atoms with Crippen molar-refractivity contribution in [2.75, 3.05) is 6.54 Å². The van der Waals surface area contributed by atoms with Crippen molar-refractivity contribution in [1.29, 1.82) is 0 Å². The topological polar surface area (TPSA) is 49.3 Å². The number of amides is 1.